The highest BCUT2D eigenvalue weighted by Crippen LogP contribution is 2.38. The molecule has 48 heavy (non-hydrogen) atoms. The molecule has 3 heterocycles. The SMILES string of the molecule is CC1(C)CC(N(CCC(=O)NN)C2CC(C)(C)NC(C)(C)C2)CC(C)(C)N1.CCCCN(C(=O)C(=O)NN)C1CC(C)(C)NC(C)(C)C1. The third-order valence-corrected chi connectivity index (χ3v) is 9.98. The summed E-state index contributed by atoms with van der Waals surface area (Å²) in [6, 6.07) is 0.959. The predicted molar refractivity (Wildman–Crippen MR) is 196 cm³/mol. The van der Waals surface area contributed by atoms with E-state index in [1.54, 1.807) is 4.90 Å². The van der Waals surface area contributed by atoms with Crippen LogP contribution in [0.3, 0.4) is 0 Å². The smallest absolute Gasteiger partial charge is 0.323 e. The average Bonchev–Trinajstić information content (AvgIpc) is 2.87. The Morgan fingerprint density at radius 3 is 1.27 bits per heavy atom. The van der Waals surface area contributed by atoms with Crippen LogP contribution in [0, 0.1) is 0 Å². The zero-order valence-corrected chi connectivity index (χ0v) is 32.8. The van der Waals surface area contributed by atoms with Gasteiger partial charge in [-0.15, -0.1) is 0 Å². The fraction of sp³-hybridized carbons (Fsp3) is 0.917. The highest BCUT2D eigenvalue weighted by Gasteiger charge is 2.46. The lowest BCUT2D eigenvalue weighted by atomic mass is 9.75. The fourth-order valence-electron chi connectivity index (χ4n) is 9.43. The largest absolute Gasteiger partial charge is 0.331 e. The molecule has 0 radical (unpaired) electrons. The van der Waals surface area contributed by atoms with E-state index in [0.717, 1.165) is 57.9 Å². The van der Waals surface area contributed by atoms with Crippen molar-refractivity contribution in [1.82, 2.24) is 36.6 Å². The van der Waals surface area contributed by atoms with E-state index in [0.29, 0.717) is 25.0 Å². The minimum absolute atomic E-state index is 0.0487. The normalized spacial score (nSPS) is 24.6. The molecule has 0 aromatic carbocycles. The van der Waals surface area contributed by atoms with E-state index in [4.69, 9.17) is 11.7 Å². The summed E-state index contributed by atoms with van der Waals surface area (Å²) in [5, 5.41) is 11.2. The highest BCUT2D eigenvalue weighted by molar-refractivity contribution is 6.34. The monoisotopic (exact) mass is 680 g/mol. The van der Waals surface area contributed by atoms with Gasteiger partial charge in [-0.3, -0.25) is 30.1 Å². The summed E-state index contributed by atoms with van der Waals surface area (Å²) in [5.74, 6) is 9.12. The standard InChI is InChI=1S/C21H43N5O.C15H30N4O2/c1-18(2)11-15(12-19(3,4)24-18)26(10-9-17(27)23-22)16-13-20(5,6)25-21(7,8)14-16;1-6-7-8-19(13(21)12(20)17-16)11-9-14(2,3)18-15(4,5)10-11/h15-16,24-25H,9-14,22H2,1-8H3,(H,23,27);11,18H,6-10,16H2,1-5H3,(H,17,20). The number of hydrogen-bond donors (Lipinski definition) is 7. The number of carbonyl (C=O) groups excluding carboxylic acids is 3. The van der Waals surface area contributed by atoms with Crippen LogP contribution in [-0.2, 0) is 14.4 Å². The zero-order chi connectivity index (χ0) is 36.9. The maximum absolute atomic E-state index is 12.3. The molecule has 12 nitrogen and oxygen atoms in total. The van der Waals surface area contributed by atoms with Crippen LogP contribution in [0.15, 0.2) is 0 Å². The summed E-state index contributed by atoms with van der Waals surface area (Å²) in [6.07, 6.45) is 8.31. The number of hydrogen-bond acceptors (Lipinski definition) is 9. The Hall–Kier alpha value is -1.83. The zero-order valence-electron chi connectivity index (χ0n) is 32.8. The maximum atomic E-state index is 12.3. The Morgan fingerprint density at radius 2 is 0.958 bits per heavy atom. The highest BCUT2D eigenvalue weighted by atomic mass is 16.2. The van der Waals surface area contributed by atoms with Crippen molar-refractivity contribution in [1.29, 1.82) is 0 Å². The molecule has 0 spiro atoms. The van der Waals surface area contributed by atoms with Crippen molar-refractivity contribution >= 4 is 17.7 Å². The number of unbranched alkanes of at least 4 members (excludes halogenated alkanes) is 1. The third kappa shape index (κ3) is 13.1. The third-order valence-electron chi connectivity index (χ3n) is 9.98. The number of rotatable bonds is 9. The van der Waals surface area contributed by atoms with E-state index in [-0.39, 0.29) is 45.2 Å². The number of amides is 3. The van der Waals surface area contributed by atoms with Gasteiger partial charge in [0.05, 0.1) is 0 Å². The van der Waals surface area contributed by atoms with Gasteiger partial charge in [0.15, 0.2) is 0 Å². The Balaban J connectivity index is 0.000000345. The lowest BCUT2D eigenvalue weighted by Gasteiger charge is -2.55. The van der Waals surface area contributed by atoms with Gasteiger partial charge in [-0.2, -0.15) is 0 Å². The van der Waals surface area contributed by atoms with Gasteiger partial charge >= 0.3 is 11.8 Å². The van der Waals surface area contributed by atoms with Crippen LogP contribution in [0.5, 0.6) is 0 Å². The molecular formula is C36H73N9O3. The molecule has 12 heteroatoms. The minimum Gasteiger partial charge on any atom is -0.331 e. The fourth-order valence-corrected chi connectivity index (χ4v) is 9.43. The molecular weight excluding hydrogens is 606 g/mol. The summed E-state index contributed by atoms with van der Waals surface area (Å²) < 4.78 is 0. The van der Waals surface area contributed by atoms with Crippen LogP contribution in [0.2, 0.25) is 0 Å². The molecule has 0 aromatic rings. The average molecular weight is 680 g/mol. The second-order valence-corrected chi connectivity index (χ2v) is 18.7. The van der Waals surface area contributed by atoms with Crippen LogP contribution in [0.25, 0.3) is 0 Å². The number of carbonyl (C=O) groups is 3. The van der Waals surface area contributed by atoms with E-state index in [1.165, 1.54) is 0 Å². The number of piperidine rings is 3. The van der Waals surface area contributed by atoms with Crippen molar-refractivity contribution in [3.8, 4) is 0 Å². The molecule has 9 N–H and O–H groups in total. The second-order valence-electron chi connectivity index (χ2n) is 18.7. The van der Waals surface area contributed by atoms with Gasteiger partial charge in [-0.1, -0.05) is 13.3 Å². The quantitative estimate of drug-likeness (QED) is 0.0837. The van der Waals surface area contributed by atoms with Crippen molar-refractivity contribution in [2.24, 2.45) is 11.7 Å². The molecule has 3 aliphatic heterocycles. The van der Waals surface area contributed by atoms with E-state index < -0.39 is 11.8 Å². The van der Waals surface area contributed by atoms with Gasteiger partial charge in [-0.05, 0) is 128 Å². The Morgan fingerprint density at radius 1 is 0.604 bits per heavy atom. The van der Waals surface area contributed by atoms with E-state index >= 15 is 0 Å². The topological polar surface area (TPSA) is 170 Å². The second kappa shape index (κ2) is 16.0. The molecule has 3 aliphatic rings. The first-order chi connectivity index (χ1) is 21.8. The molecule has 3 fully saturated rings. The Labute approximate surface area is 292 Å². The summed E-state index contributed by atoms with van der Waals surface area (Å²) in [7, 11) is 0. The van der Waals surface area contributed by atoms with Crippen LogP contribution >= 0.6 is 0 Å². The Kier molecular flexibility index (Phi) is 14.1. The molecule has 0 unspecified atom stereocenters. The van der Waals surface area contributed by atoms with Crippen molar-refractivity contribution in [2.45, 2.75) is 199 Å². The van der Waals surface area contributed by atoms with Crippen molar-refractivity contribution in [3.05, 3.63) is 0 Å². The summed E-state index contributed by atoms with van der Waals surface area (Å²) in [5.41, 5.74) is 4.44. The van der Waals surface area contributed by atoms with E-state index in [9.17, 15) is 14.4 Å². The van der Waals surface area contributed by atoms with Gasteiger partial charge in [0, 0.05) is 70.9 Å². The predicted octanol–water partition coefficient (Wildman–Crippen LogP) is 3.20. The number of nitrogens with zero attached hydrogens (tertiary/aromatic N) is 2. The Bertz CT molecular complexity index is 1020. The molecule has 0 atom stereocenters. The van der Waals surface area contributed by atoms with Crippen LogP contribution in [0.4, 0.5) is 0 Å². The number of hydrazine groups is 2. The van der Waals surface area contributed by atoms with Gasteiger partial charge in [0.25, 0.3) is 0 Å². The molecule has 3 saturated heterocycles. The first-order valence-electron chi connectivity index (χ1n) is 18.2. The minimum atomic E-state index is -0.736. The number of nitrogens with one attached hydrogen (secondary N) is 5. The molecule has 0 bridgehead atoms. The van der Waals surface area contributed by atoms with Gasteiger partial charge in [0.1, 0.15) is 0 Å². The molecule has 0 aromatic heterocycles. The van der Waals surface area contributed by atoms with Crippen molar-refractivity contribution in [3.63, 3.8) is 0 Å². The van der Waals surface area contributed by atoms with Gasteiger partial charge in [-0.25, -0.2) is 11.7 Å². The summed E-state index contributed by atoms with van der Waals surface area (Å²) >= 11 is 0. The van der Waals surface area contributed by atoms with Crippen LogP contribution in [-0.4, -0.2) is 92.0 Å². The molecule has 3 amide bonds. The van der Waals surface area contributed by atoms with Crippen molar-refractivity contribution < 1.29 is 14.4 Å². The van der Waals surface area contributed by atoms with Crippen molar-refractivity contribution in [2.75, 3.05) is 13.1 Å². The van der Waals surface area contributed by atoms with Gasteiger partial charge < -0.3 is 20.9 Å². The van der Waals surface area contributed by atoms with Gasteiger partial charge in [0.2, 0.25) is 5.91 Å². The lowest BCUT2D eigenvalue weighted by molar-refractivity contribution is -0.148. The summed E-state index contributed by atoms with van der Waals surface area (Å²) in [6.45, 7) is 30.3. The van der Waals surface area contributed by atoms with E-state index in [1.807, 2.05) is 5.43 Å². The molecule has 0 aliphatic carbocycles. The van der Waals surface area contributed by atoms with Crippen LogP contribution in [0.1, 0.15) is 148 Å². The first-order valence-corrected chi connectivity index (χ1v) is 18.2. The first kappa shape index (κ1) is 42.3. The molecule has 0 saturated carbocycles. The maximum Gasteiger partial charge on any atom is 0.323 e. The lowest BCUT2D eigenvalue weighted by Crippen LogP contribution is -2.67. The summed E-state index contributed by atoms with van der Waals surface area (Å²) in [4.78, 5) is 40.2. The molecule has 280 valence electrons. The van der Waals surface area contributed by atoms with Crippen LogP contribution < -0.4 is 38.5 Å². The number of nitrogens with two attached hydrogens (primary N) is 2. The molecule has 3 rings (SSSR count). The van der Waals surface area contributed by atoms with E-state index in [2.05, 4.69) is 116 Å².